The minimum absolute atomic E-state index is 0.111. The largest absolute Gasteiger partial charge is 0.481 e. The van der Waals surface area contributed by atoms with Crippen LogP contribution in [0, 0.1) is 5.41 Å². The molecule has 2 atom stereocenters. The molecule has 0 spiro atoms. The summed E-state index contributed by atoms with van der Waals surface area (Å²) in [5.41, 5.74) is -1.01. The highest BCUT2D eigenvalue weighted by Gasteiger charge is 2.44. The Kier molecular flexibility index (Phi) is 4.62. The van der Waals surface area contributed by atoms with Crippen LogP contribution in [0.4, 0.5) is 0 Å². The van der Waals surface area contributed by atoms with Gasteiger partial charge in [-0.3, -0.25) is 14.3 Å². The Morgan fingerprint density at radius 3 is 2.86 bits per heavy atom. The number of carboxylic acids is 1. The molecule has 0 radical (unpaired) electrons. The van der Waals surface area contributed by atoms with Gasteiger partial charge >= 0.3 is 5.97 Å². The quantitative estimate of drug-likeness (QED) is 0.868. The van der Waals surface area contributed by atoms with Crippen LogP contribution in [0.25, 0.3) is 0 Å². The molecular formula is C14H21N3O4. The molecule has 1 saturated heterocycles. The molecule has 0 aromatic carbocycles. The van der Waals surface area contributed by atoms with Gasteiger partial charge in [0.1, 0.15) is 11.5 Å². The highest BCUT2D eigenvalue weighted by Crippen LogP contribution is 2.31. The predicted molar refractivity (Wildman–Crippen MR) is 74.7 cm³/mol. The zero-order chi connectivity index (χ0) is 15.5. The summed E-state index contributed by atoms with van der Waals surface area (Å²) in [4.78, 5) is 25.8. The van der Waals surface area contributed by atoms with Crippen molar-refractivity contribution >= 4 is 11.9 Å². The summed E-state index contributed by atoms with van der Waals surface area (Å²) < 4.78 is 6.65. The Morgan fingerprint density at radius 1 is 1.52 bits per heavy atom. The zero-order valence-electron chi connectivity index (χ0n) is 12.4. The van der Waals surface area contributed by atoms with E-state index in [0.717, 1.165) is 0 Å². The highest BCUT2D eigenvalue weighted by atomic mass is 16.5. The Labute approximate surface area is 123 Å². The molecule has 7 heteroatoms. The maximum Gasteiger partial charge on any atom is 0.313 e. The third-order valence-corrected chi connectivity index (χ3v) is 4.04. The minimum atomic E-state index is -1.01. The molecule has 0 bridgehead atoms. The van der Waals surface area contributed by atoms with Crippen molar-refractivity contribution in [3.63, 3.8) is 0 Å². The number of hydrogen-bond donors (Lipinski definition) is 1. The van der Waals surface area contributed by atoms with E-state index in [1.165, 1.54) is 7.11 Å². The molecule has 116 valence electrons. The number of methoxy groups -OCH3 is 1. The van der Waals surface area contributed by atoms with Gasteiger partial charge in [0.15, 0.2) is 0 Å². The molecule has 0 saturated carbocycles. The first-order valence-electron chi connectivity index (χ1n) is 7.00. The number of carbonyl (C=O) groups excluding carboxylic acids is 1. The van der Waals surface area contributed by atoms with E-state index in [9.17, 15) is 14.7 Å². The molecule has 21 heavy (non-hydrogen) atoms. The van der Waals surface area contributed by atoms with Crippen LogP contribution in [0.2, 0.25) is 0 Å². The van der Waals surface area contributed by atoms with Crippen molar-refractivity contribution in [2.24, 2.45) is 5.41 Å². The van der Waals surface area contributed by atoms with Gasteiger partial charge in [0, 0.05) is 32.6 Å². The first kappa shape index (κ1) is 15.5. The third-order valence-electron chi connectivity index (χ3n) is 4.04. The van der Waals surface area contributed by atoms with Crippen molar-refractivity contribution in [2.75, 3.05) is 26.8 Å². The van der Waals surface area contributed by atoms with E-state index in [0.29, 0.717) is 19.4 Å². The van der Waals surface area contributed by atoms with E-state index in [2.05, 4.69) is 5.10 Å². The topological polar surface area (TPSA) is 84.7 Å². The third kappa shape index (κ3) is 3.07. The number of aliphatic carboxylic acids is 1. The molecular weight excluding hydrogens is 274 g/mol. The fraction of sp³-hybridized carbons (Fsp3) is 0.643. The molecule has 1 N–H and O–H groups in total. The lowest BCUT2D eigenvalue weighted by Crippen LogP contribution is -2.53. The van der Waals surface area contributed by atoms with Gasteiger partial charge in [-0.1, -0.05) is 0 Å². The van der Waals surface area contributed by atoms with Gasteiger partial charge in [-0.15, -0.1) is 0 Å². The lowest BCUT2D eigenvalue weighted by molar-refractivity contribution is -0.159. The number of carboxylic acid groups (broad SMARTS) is 1. The average Bonchev–Trinajstić information content (AvgIpc) is 3.00. The monoisotopic (exact) mass is 295 g/mol. The van der Waals surface area contributed by atoms with Crippen molar-refractivity contribution in [3.8, 4) is 0 Å². The molecule has 7 nitrogen and oxygen atoms in total. The number of carbonyl (C=O) groups is 2. The molecule has 1 aromatic rings. The second-order valence-electron chi connectivity index (χ2n) is 5.54. The number of amides is 1. The van der Waals surface area contributed by atoms with Crippen LogP contribution in [0.5, 0.6) is 0 Å². The second kappa shape index (κ2) is 6.26. The molecule has 1 aliphatic heterocycles. The van der Waals surface area contributed by atoms with Crippen molar-refractivity contribution in [2.45, 2.75) is 25.8 Å². The summed E-state index contributed by atoms with van der Waals surface area (Å²) in [5, 5.41) is 13.6. The number of rotatable bonds is 5. The zero-order valence-corrected chi connectivity index (χ0v) is 12.4. The van der Waals surface area contributed by atoms with Crippen LogP contribution < -0.4 is 0 Å². The van der Waals surface area contributed by atoms with Crippen molar-refractivity contribution in [3.05, 3.63) is 18.5 Å². The molecule has 2 heterocycles. The Balaban J connectivity index is 2.13. The van der Waals surface area contributed by atoms with Crippen LogP contribution in [-0.2, 0) is 14.3 Å². The Bertz CT molecular complexity index is 498. The molecule has 1 aromatic heterocycles. The van der Waals surface area contributed by atoms with Crippen molar-refractivity contribution in [1.82, 2.24) is 14.7 Å². The molecule has 1 fully saturated rings. The van der Waals surface area contributed by atoms with Crippen LogP contribution in [0.3, 0.4) is 0 Å². The van der Waals surface area contributed by atoms with Crippen LogP contribution in [0.15, 0.2) is 18.5 Å². The average molecular weight is 295 g/mol. The molecule has 1 amide bonds. The van der Waals surface area contributed by atoms with Gasteiger partial charge in [-0.05, 0) is 25.8 Å². The number of ether oxygens (including phenoxy) is 1. The second-order valence-corrected chi connectivity index (χ2v) is 5.54. The standard InChI is InChI=1S/C14H21N3O4/c1-11(17-8-4-6-15-17)12(18)16-7-3-5-14(9-16,10-21-2)13(19)20/h4,6,8,11H,3,5,7,9-10H2,1-2H3,(H,19,20). The van der Waals surface area contributed by atoms with Crippen molar-refractivity contribution in [1.29, 1.82) is 0 Å². The molecule has 1 aliphatic rings. The number of nitrogens with zero attached hydrogens (tertiary/aromatic N) is 3. The lowest BCUT2D eigenvalue weighted by Gasteiger charge is -2.40. The van der Waals surface area contributed by atoms with Gasteiger partial charge in [-0.2, -0.15) is 5.10 Å². The van der Waals surface area contributed by atoms with E-state index in [1.807, 2.05) is 0 Å². The van der Waals surface area contributed by atoms with Gasteiger partial charge in [0.25, 0.3) is 0 Å². The first-order chi connectivity index (χ1) is 10.00. The summed E-state index contributed by atoms with van der Waals surface area (Å²) in [7, 11) is 1.48. The molecule has 2 rings (SSSR count). The van der Waals surface area contributed by atoms with E-state index in [1.54, 1.807) is 35.0 Å². The summed E-state index contributed by atoms with van der Waals surface area (Å²) >= 11 is 0. The SMILES string of the molecule is COCC1(C(=O)O)CCCN(C(=O)C(C)n2cccn2)C1. The molecule has 2 unspecified atom stereocenters. The highest BCUT2D eigenvalue weighted by molar-refractivity contribution is 5.82. The van der Waals surface area contributed by atoms with E-state index < -0.39 is 17.4 Å². The van der Waals surface area contributed by atoms with E-state index in [-0.39, 0.29) is 19.1 Å². The first-order valence-corrected chi connectivity index (χ1v) is 7.00. The van der Waals surface area contributed by atoms with Gasteiger partial charge in [-0.25, -0.2) is 0 Å². The van der Waals surface area contributed by atoms with Gasteiger partial charge in [0.05, 0.1) is 6.61 Å². The predicted octanol–water partition coefficient (Wildman–Crippen LogP) is 0.784. The van der Waals surface area contributed by atoms with Gasteiger partial charge < -0.3 is 14.7 Å². The van der Waals surface area contributed by atoms with Crippen molar-refractivity contribution < 1.29 is 19.4 Å². The van der Waals surface area contributed by atoms with Crippen LogP contribution in [0.1, 0.15) is 25.8 Å². The van der Waals surface area contributed by atoms with E-state index in [4.69, 9.17) is 4.74 Å². The lowest BCUT2D eigenvalue weighted by atomic mass is 9.80. The number of likely N-dealkylation sites (tertiary alicyclic amines) is 1. The fourth-order valence-electron chi connectivity index (χ4n) is 2.84. The van der Waals surface area contributed by atoms with Crippen LogP contribution >= 0.6 is 0 Å². The summed E-state index contributed by atoms with van der Waals surface area (Å²) in [6.07, 6.45) is 4.53. The molecule has 0 aliphatic carbocycles. The number of hydrogen-bond acceptors (Lipinski definition) is 4. The fourth-order valence-corrected chi connectivity index (χ4v) is 2.84. The minimum Gasteiger partial charge on any atom is -0.481 e. The summed E-state index contributed by atoms with van der Waals surface area (Å²) in [6, 6.07) is 1.32. The van der Waals surface area contributed by atoms with Crippen LogP contribution in [-0.4, -0.2) is 58.5 Å². The summed E-state index contributed by atoms with van der Waals surface area (Å²) in [6.45, 7) is 2.63. The summed E-state index contributed by atoms with van der Waals surface area (Å²) in [5.74, 6) is -1.02. The van der Waals surface area contributed by atoms with E-state index >= 15 is 0 Å². The maximum atomic E-state index is 12.5. The Hall–Kier alpha value is -1.89. The number of aromatic nitrogens is 2. The normalized spacial score (nSPS) is 23.8. The Morgan fingerprint density at radius 2 is 2.29 bits per heavy atom. The number of piperidine rings is 1. The maximum absolute atomic E-state index is 12.5. The van der Waals surface area contributed by atoms with Gasteiger partial charge in [0.2, 0.25) is 5.91 Å². The smallest absolute Gasteiger partial charge is 0.313 e.